The lowest BCUT2D eigenvalue weighted by molar-refractivity contribution is 0.0272. The highest BCUT2D eigenvalue weighted by Gasteiger charge is 2.18. The predicted molar refractivity (Wildman–Crippen MR) is 106 cm³/mol. The SMILES string of the molecule is CS(=O)(=O)Nc1ncc(CCOCN2CCN(c3ccc(Cl)nn3)CC2)cn1. The van der Waals surface area contributed by atoms with Crippen molar-refractivity contribution in [2.75, 3.05) is 55.4 Å². The van der Waals surface area contributed by atoms with Gasteiger partial charge in [0.1, 0.15) is 0 Å². The first kappa shape index (κ1) is 20.6. The number of piperazine rings is 1. The molecule has 0 radical (unpaired) electrons. The molecule has 1 fully saturated rings. The van der Waals surface area contributed by atoms with Crippen molar-refractivity contribution >= 4 is 33.4 Å². The lowest BCUT2D eigenvalue weighted by Gasteiger charge is -2.34. The summed E-state index contributed by atoms with van der Waals surface area (Å²) in [5.74, 6) is 0.897. The minimum Gasteiger partial charge on any atom is -0.366 e. The van der Waals surface area contributed by atoms with Gasteiger partial charge in [0, 0.05) is 38.6 Å². The molecule has 3 heterocycles. The molecule has 0 unspecified atom stereocenters. The van der Waals surface area contributed by atoms with Gasteiger partial charge in [-0.1, -0.05) is 11.6 Å². The molecule has 1 aliphatic heterocycles. The van der Waals surface area contributed by atoms with Gasteiger partial charge in [0.2, 0.25) is 16.0 Å². The van der Waals surface area contributed by atoms with Crippen molar-refractivity contribution in [1.82, 2.24) is 25.1 Å². The summed E-state index contributed by atoms with van der Waals surface area (Å²) in [7, 11) is -3.37. The predicted octanol–water partition coefficient (Wildman–Crippen LogP) is 0.630. The summed E-state index contributed by atoms with van der Waals surface area (Å²) in [5, 5.41) is 8.37. The van der Waals surface area contributed by atoms with Crippen LogP contribution in [-0.4, -0.2) is 79.3 Å². The summed E-state index contributed by atoms with van der Waals surface area (Å²) >= 11 is 5.77. The van der Waals surface area contributed by atoms with Crippen LogP contribution in [0.1, 0.15) is 5.56 Å². The maximum Gasteiger partial charge on any atom is 0.236 e. The average Bonchev–Trinajstić information content (AvgIpc) is 2.66. The maximum absolute atomic E-state index is 11.1. The molecule has 0 saturated carbocycles. The van der Waals surface area contributed by atoms with Crippen molar-refractivity contribution < 1.29 is 13.2 Å². The van der Waals surface area contributed by atoms with Crippen LogP contribution in [0.2, 0.25) is 5.15 Å². The number of rotatable bonds is 8. The third kappa shape index (κ3) is 6.51. The van der Waals surface area contributed by atoms with Crippen LogP contribution >= 0.6 is 11.6 Å². The molecule has 12 heteroatoms. The monoisotopic (exact) mass is 427 g/mol. The van der Waals surface area contributed by atoms with Gasteiger partial charge in [-0.05, 0) is 24.1 Å². The lowest BCUT2D eigenvalue weighted by atomic mass is 10.2. The second kappa shape index (κ2) is 9.41. The van der Waals surface area contributed by atoms with Crippen LogP contribution in [0.4, 0.5) is 11.8 Å². The molecule has 152 valence electrons. The van der Waals surface area contributed by atoms with Gasteiger partial charge in [0.15, 0.2) is 11.0 Å². The van der Waals surface area contributed by atoms with Crippen molar-refractivity contribution in [3.05, 3.63) is 35.2 Å². The Morgan fingerprint density at radius 2 is 1.86 bits per heavy atom. The van der Waals surface area contributed by atoms with E-state index in [1.807, 2.05) is 6.07 Å². The molecule has 28 heavy (non-hydrogen) atoms. The highest BCUT2D eigenvalue weighted by atomic mass is 35.5. The third-order valence-electron chi connectivity index (χ3n) is 4.11. The molecule has 0 aliphatic carbocycles. The summed E-state index contributed by atoms with van der Waals surface area (Å²) in [6.07, 6.45) is 4.89. The number of aromatic nitrogens is 4. The first-order valence-corrected chi connectivity index (χ1v) is 11.0. The van der Waals surface area contributed by atoms with Crippen LogP contribution in [0, 0.1) is 0 Å². The summed E-state index contributed by atoms with van der Waals surface area (Å²) in [4.78, 5) is 12.4. The molecule has 3 rings (SSSR count). The molecule has 10 nitrogen and oxygen atoms in total. The number of anilines is 2. The van der Waals surface area contributed by atoms with E-state index in [-0.39, 0.29) is 5.95 Å². The van der Waals surface area contributed by atoms with E-state index in [0.29, 0.717) is 24.9 Å². The molecule has 0 atom stereocenters. The second-order valence-electron chi connectivity index (χ2n) is 6.40. The number of hydrogen-bond donors (Lipinski definition) is 1. The second-order valence-corrected chi connectivity index (χ2v) is 8.53. The summed E-state index contributed by atoms with van der Waals surface area (Å²) in [6, 6.07) is 3.62. The smallest absolute Gasteiger partial charge is 0.236 e. The zero-order valence-corrected chi connectivity index (χ0v) is 17.0. The largest absolute Gasteiger partial charge is 0.366 e. The Morgan fingerprint density at radius 3 is 2.46 bits per heavy atom. The van der Waals surface area contributed by atoms with Gasteiger partial charge in [0.05, 0.1) is 19.6 Å². The molecule has 0 aromatic carbocycles. The fourth-order valence-corrected chi connectivity index (χ4v) is 3.21. The van der Waals surface area contributed by atoms with Gasteiger partial charge in [0.25, 0.3) is 0 Å². The zero-order chi connectivity index (χ0) is 20.0. The Morgan fingerprint density at radius 1 is 1.14 bits per heavy atom. The van der Waals surface area contributed by atoms with E-state index in [1.54, 1.807) is 18.5 Å². The standard InChI is InChI=1S/C16H22ClN7O3S/c1-28(25,26)22-16-18-10-13(11-19-16)4-9-27-12-23-5-7-24(8-6-23)15-3-2-14(17)20-21-15/h2-3,10-11H,4-9,12H2,1H3,(H,18,19,22). The van der Waals surface area contributed by atoms with Crippen molar-refractivity contribution in [2.24, 2.45) is 0 Å². The van der Waals surface area contributed by atoms with Crippen LogP contribution in [0.3, 0.4) is 0 Å². The summed E-state index contributed by atoms with van der Waals surface area (Å²) in [6.45, 7) is 4.53. The Hall–Kier alpha value is -2.08. The van der Waals surface area contributed by atoms with Gasteiger partial charge in [-0.25, -0.2) is 18.4 Å². The average molecular weight is 428 g/mol. The maximum atomic E-state index is 11.1. The van der Waals surface area contributed by atoms with Gasteiger partial charge in [-0.3, -0.25) is 9.62 Å². The van der Waals surface area contributed by atoms with Crippen LogP contribution in [0.15, 0.2) is 24.5 Å². The van der Waals surface area contributed by atoms with Crippen molar-refractivity contribution in [3.8, 4) is 0 Å². The molecular formula is C16H22ClN7O3S. The Kier molecular flexibility index (Phi) is 6.94. The summed E-state index contributed by atoms with van der Waals surface area (Å²) in [5.41, 5.74) is 0.880. The van der Waals surface area contributed by atoms with E-state index in [9.17, 15) is 8.42 Å². The highest BCUT2D eigenvalue weighted by Crippen LogP contribution is 2.14. The molecule has 0 spiro atoms. The van der Waals surface area contributed by atoms with Crippen molar-refractivity contribution in [3.63, 3.8) is 0 Å². The van der Waals surface area contributed by atoms with E-state index in [2.05, 4.69) is 34.7 Å². The topological polar surface area (TPSA) is 113 Å². The van der Waals surface area contributed by atoms with Crippen molar-refractivity contribution in [2.45, 2.75) is 6.42 Å². The van der Waals surface area contributed by atoms with Crippen LogP contribution in [0.25, 0.3) is 0 Å². The lowest BCUT2D eigenvalue weighted by Crippen LogP contribution is -2.47. The van der Waals surface area contributed by atoms with Gasteiger partial charge in [-0.2, -0.15) is 0 Å². The summed E-state index contributed by atoms with van der Waals surface area (Å²) < 4.78 is 30.2. The molecule has 0 bridgehead atoms. The van der Waals surface area contributed by atoms with E-state index in [4.69, 9.17) is 16.3 Å². The minimum absolute atomic E-state index is 0.0652. The van der Waals surface area contributed by atoms with E-state index >= 15 is 0 Å². The molecule has 1 N–H and O–H groups in total. The van der Waals surface area contributed by atoms with E-state index in [0.717, 1.165) is 43.8 Å². The Labute approximate surface area is 168 Å². The number of hydrogen-bond acceptors (Lipinski definition) is 9. The molecule has 2 aromatic heterocycles. The number of halogens is 1. The van der Waals surface area contributed by atoms with E-state index < -0.39 is 10.0 Å². The first-order valence-electron chi connectivity index (χ1n) is 8.72. The molecular weight excluding hydrogens is 406 g/mol. The van der Waals surface area contributed by atoms with Crippen molar-refractivity contribution in [1.29, 1.82) is 0 Å². The van der Waals surface area contributed by atoms with E-state index in [1.165, 1.54) is 0 Å². The van der Waals surface area contributed by atoms with Gasteiger partial charge < -0.3 is 9.64 Å². The van der Waals surface area contributed by atoms with Crippen LogP contribution < -0.4 is 9.62 Å². The number of nitrogens with zero attached hydrogens (tertiary/aromatic N) is 6. The van der Waals surface area contributed by atoms with Gasteiger partial charge in [-0.15, -0.1) is 10.2 Å². The molecule has 2 aromatic rings. The molecule has 1 saturated heterocycles. The quantitative estimate of drug-likeness (QED) is 0.606. The minimum atomic E-state index is -3.37. The Balaban J connectivity index is 1.34. The zero-order valence-electron chi connectivity index (χ0n) is 15.5. The number of nitrogens with one attached hydrogen (secondary N) is 1. The fourth-order valence-electron chi connectivity index (χ4n) is 2.67. The first-order chi connectivity index (χ1) is 13.4. The third-order valence-corrected chi connectivity index (χ3v) is 4.86. The number of sulfonamides is 1. The van der Waals surface area contributed by atoms with Gasteiger partial charge >= 0.3 is 0 Å². The molecule has 0 amide bonds. The molecule has 1 aliphatic rings. The normalized spacial score (nSPS) is 15.6. The highest BCUT2D eigenvalue weighted by molar-refractivity contribution is 7.91. The fraction of sp³-hybridized carbons (Fsp3) is 0.500. The number of ether oxygens (including phenoxy) is 1. The Bertz CT molecular complexity index is 857. The van der Waals surface area contributed by atoms with Crippen LogP contribution in [-0.2, 0) is 21.2 Å². The van der Waals surface area contributed by atoms with Crippen LogP contribution in [0.5, 0.6) is 0 Å².